The Balaban J connectivity index is 1.78. The van der Waals surface area contributed by atoms with E-state index in [4.69, 9.17) is 16.4 Å². The van der Waals surface area contributed by atoms with Gasteiger partial charge in [-0.05, 0) is 30.7 Å². The molecule has 0 unspecified atom stereocenters. The number of carbonyl (C=O) groups excluding carboxylic acids is 1. The number of nitrogens with zero attached hydrogens (tertiary/aromatic N) is 1. The van der Waals surface area contributed by atoms with Crippen molar-refractivity contribution in [3.8, 4) is 0 Å². The highest BCUT2D eigenvalue weighted by Gasteiger charge is 2.02. The first-order chi connectivity index (χ1) is 10.1. The van der Waals surface area contributed by atoms with Crippen LogP contribution in [0.25, 0.3) is 0 Å². The Morgan fingerprint density at radius 2 is 2.05 bits per heavy atom. The van der Waals surface area contributed by atoms with E-state index in [9.17, 15) is 4.79 Å². The van der Waals surface area contributed by atoms with Crippen molar-refractivity contribution in [1.82, 2.24) is 0 Å². The van der Waals surface area contributed by atoms with Crippen LogP contribution in [-0.4, -0.2) is 18.7 Å². The normalized spacial score (nSPS) is 10.6. The summed E-state index contributed by atoms with van der Waals surface area (Å²) in [7, 11) is 0. The molecule has 2 rings (SSSR count). The van der Waals surface area contributed by atoms with Crippen LogP contribution in [0, 0.1) is 6.92 Å². The molecule has 1 N–H and O–H groups in total. The summed E-state index contributed by atoms with van der Waals surface area (Å²) in [5.41, 5.74) is 2.71. The lowest BCUT2D eigenvalue weighted by atomic mass is 10.2. The second-order valence-corrected chi connectivity index (χ2v) is 4.91. The van der Waals surface area contributed by atoms with E-state index in [2.05, 4.69) is 10.5 Å². The van der Waals surface area contributed by atoms with Crippen LogP contribution in [0.1, 0.15) is 11.1 Å². The second kappa shape index (κ2) is 7.45. The van der Waals surface area contributed by atoms with E-state index in [1.807, 2.05) is 31.2 Å². The fourth-order valence-corrected chi connectivity index (χ4v) is 1.80. The zero-order valence-corrected chi connectivity index (χ0v) is 12.3. The van der Waals surface area contributed by atoms with Crippen molar-refractivity contribution in [3.05, 3.63) is 64.7 Å². The van der Waals surface area contributed by atoms with Crippen LogP contribution in [0.5, 0.6) is 0 Å². The molecule has 5 heteroatoms. The summed E-state index contributed by atoms with van der Waals surface area (Å²) in [6, 6.07) is 14.7. The Hall–Kier alpha value is -2.33. The van der Waals surface area contributed by atoms with Crippen LogP contribution in [0.4, 0.5) is 5.69 Å². The van der Waals surface area contributed by atoms with Gasteiger partial charge in [-0.15, -0.1) is 0 Å². The molecule has 2 aromatic carbocycles. The highest BCUT2D eigenvalue weighted by atomic mass is 35.5. The first-order valence-electron chi connectivity index (χ1n) is 6.41. The summed E-state index contributed by atoms with van der Waals surface area (Å²) < 4.78 is 0. The third-order valence-electron chi connectivity index (χ3n) is 2.66. The molecule has 0 fully saturated rings. The maximum Gasteiger partial charge on any atom is 0.265 e. The number of oxime groups is 1. The number of hydrogen-bond acceptors (Lipinski definition) is 3. The minimum absolute atomic E-state index is 0.158. The average Bonchev–Trinajstić information content (AvgIpc) is 2.45. The van der Waals surface area contributed by atoms with Crippen LogP contribution in [0.15, 0.2) is 53.7 Å². The van der Waals surface area contributed by atoms with Gasteiger partial charge in [-0.2, -0.15) is 0 Å². The molecular weight excluding hydrogens is 288 g/mol. The maximum absolute atomic E-state index is 11.6. The van der Waals surface area contributed by atoms with Crippen molar-refractivity contribution in [2.45, 2.75) is 6.92 Å². The van der Waals surface area contributed by atoms with Gasteiger partial charge in [0.25, 0.3) is 5.91 Å². The highest BCUT2D eigenvalue weighted by molar-refractivity contribution is 6.30. The molecule has 0 atom stereocenters. The van der Waals surface area contributed by atoms with Crippen LogP contribution >= 0.6 is 11.6 Å². The molecule has 0 aliphatic rings. The van der Waals surface area contributed by atoms with Gasteiger partial charge < -0.3 is 10.2 Å². The number of rotatable bonds is 5. The third kappa shape index (κ3) is 5.28. The molecule has 0 aromatic heterocycles. The Morgan fingerprint density at radius 3 is 2.76 bits per heavy atom. The largest absolute Gasteiger partial charge is 0.386 e. The van der Waals surface area contributed by atoms with E-state index in [0.717, 1.165) is 5.56 Å². The third-order valence-corrected chi connectivity index (χ3v) is 2.89. The summed E-state index contributed by atoms with van der Waals surface area (Å²) in [6.45, 7) is 1.85. The van der Waals surface area contributed by atoms with E-state index in [0.29, 0.717) is 10.7 Å². The molecule has 1 amide bonds. The lowest BCUT2D eigenvalue weighted by Crippen LogP contribution is -2.16. The lowest BCUT2D eigenvalue weighted by Gasteiger charge is -2.04. The van der Waals surface area contributed by atoms with Gasteiger partial charge in [0.05, 0.1) is 6.21 Å². The van der Waals surface area contributed by atoms with Gasteiger partial charge in [-0.25, -0.2) is 0 Å². The zero-order chi connectivity index (χ0) is 15.1. The van der Waals surface area contributed by atoms with Crippen molar-refractivity contribution in [1.29, 1.82) is 0 Å². The topological polar surface area (TPSA) is 50.7 Å². The average molecular weight is 303 g/mol. The van der Waals surface area contributed by atoms with Crippen LogP contribution in [0.3, 0.4) is 0 Å². The van der Waals surface area contributed by atoms with Gasteiger partial charge in [0.15, 0.2) is 6.61 Å². The number of aryl methyl sites for hydroxylation is 1. The van der Waals surface area contributed by atoms with Crippen molar-refractivity contribution in [2.24, 2.45) is 5.16 Å². The minimum Gasteiger partial charge on any atom is -0.386 e. The van der Waals surface area contributed by atoms with Crippen molar-refractivity contribution in [3.63, 3.8) is 0 Å². The maximum atomic E-state index is 11.6. The molecule has 0 heterocycles. The monoisotopic (exact) mass is 302 g/mol. The summed E-state index contributed by atoms with van der Waals surface area (Å²) >= 11 is 5.83. The highest BCUT2D eigenvalue weighted by Crippen LogP contribution is 2.14. The van der Waals surface area contributed by atoms with E-state index < -0.39 is 0 Å². The molecule has 2 aromatic rings. The van der Waals surface area contributed by atoms with Crippen molar-refractivity contribution >= 4 is 29.4 Å². The Labute approximate surface area is 128 Å². The first-order valence-corrected chi connectivity index (χ1v) is 6.79. The van der Waals surface area contributed by atoms with Gasteiger partial charge in [0.2, 0.25) is 0 Å². The molecule has 4 nitrogen and oxygen atoms in total. The van der Waals surface area contributed by atoms with Gasteiger partial charge >= 0.3 is 0 Å². The van der Waals surface area contributed by atoms with E-state index in [1.54, 1.807) is 30.5 Å². The number of anilines is 1. The summed E-state index contributed by atoms with van der Waals surface area (Å²) in [5.74, 6) is -0.293. The molecule has 0 saturated heterocycles. The molecule has 0 saturated carbocycles. The van der Waals surface area contributed by atoms with Crippen LogP contribution in [-0.2, 0) is 9.63 Å². The molecule has 0 spiro atoms. The Kier molecular flexibility index (Phi) is 5.35. The van der Waals surface area contributed by atoms with Crippen LogP contribution in [0.2, 0.25) is 5.02 Å². The van der Waals surface area contributed by atoms with Gasteiger partial charge in [-0.1, -0.05) is 52.7 Å². The second-order valence-electron chi connectivity index (χ2n) is 4.48. The Morgan fingerprint density at radius 1 is 1.29 bits per heavy atom. The number of benzene rings is 2. The van der Waals surface area contributed by atoms with Gasteiger partial charge in [-0.3, -0.25) is 4.79 Å². The molecule has 0 aliphatic heterocycles. The van der Waals surface area contributed by atoms with Crippen molar-refractivity contribution in [2.75, 3.05) is 11.9 Å². The molecule has 21 heavy (non-hydrogen) atoms. The van der Waals surface area contributed by atoms with E-state index in [1.165, 1.54) is 5.56 Å². The summed E-state index contributed by atoms with van der Waals surface area (Å²) in [6.07, 6.45) is 1.56. The standard InChI is InChI=1S/C16H15ClN2O2/c1-12-5-7-13(8-6-12)10-18-21-11-16(20)19-15-4-2-3-14(17)9-15/h2-10H,11H2,1H3,(H,19,20)/b18-10-. The molecule has 0 bridgehead atoms. The smallest absolute Gasteiger partial charge is 0.265 e. The zero-order valence-electron chi connectivity index (χ0n) is 11.5. The molecular formula is C16H15ClN2O2. The fraction of sp³-hybridized carbons (Fsp3) is 0.125. The quantitative estimate of drug-likeness (QED) is 0.677. The predicted molar refractivity (Wildman–Crippen MR) is 84.8 cm³/mol. The van der Waals surface area contributed by atoms with E-state index in [-0.39, 0.29) is 12.5 Å². The molecule has 0 radical (unpaired) electrons. The predicted octanol–water partition coefficient (Wildman–Crippen LogP) is 3.64. The number of nitrogens with one attached hydrogen (secondary N) is 1. The fourth-order valence-electron chi connectivity index (χ4n) is 1.61. The Bertz CT molecular complexity index is 639. The van der Waals surface area contributed by atoms with Gasteiger partial charge in [0, 0.05) is 10.7 Å². The number of hydrogen-bond donors (Lipinski definition) is 1. The van der Waals surface area contributed by atoms with Gasteiger partial charge in [0.1, 0.15) is 0 Å². The first kappa shape index (κ1) is 15.1. The molecule has 108 valence electrons. The number of halogens is 1. The minimum atomic E-state index is -0.293. The SMILES string of the molecule is Cc1ccc(/C=N\OCC(=O)Nc2cccc(Cl)c2)cc1. The number of amides is 1. The molecule has 0 aliphatic carbocycles. The van der Waals surface area contributed by atoms with Crippen molar-refractivity contribution < 1.29 is 9.63 Å². The van der Waals surface area contributed by atoms with E-state index >= 15 is 0 Å². The van der Waals surface area contributed by atoms with Crippen LogP contribution < -0.4 is 5.32 Å². The number of carbonyl (C=O) groups is 1. The summed E-state index contributed by atoms with van der Waals surface area (Å²) in [5, 5.41) is 6.99. The lowest BCUT2D eigenvalue weighted by molar-refractivity contribution is -0.120. The summed E-state index contributed by atoms with van der Waals surface area (Å²) in [4.78, 5) is 16.6.